The maximum Gasteiger partial charge on any atom is 0.310 e. The van der Waals surface area contributed by atoms with E-state index in [4.69, 9.17) is 4.74 Å². The fourth-order valence-electron chi connectivity index (χ4n) is 2.26. The number of anilines is 1. The highest BCUT2D eigenvalue weighted by Crippen LogP contribution is 2.29. The Hall–Kier alpha value is -1.72. The third-order valence-corrected chi connectivity index (χ3v) is 3.36. The summed E-state index contributed by atoms with van der Waals surface area (Å²) in [7, 11) is 1.37. The molecule has 2 rings (SSSR count). The molecule has 5 nitrogen and oxygen atoms in total. The minimum atomic E-state index is -0.421. The number of hydrogen-bond acceptors (Lipinski definition) is 5. The average molecular weight is 253 g/mol. The van der Waals surface area contributed by atoms with Crippen LogP contribution in [0.2, 0.25) is 0 Å². The molecule has 1 aromatic heterocycles. The van der Waals surface area contributed by atoms with Crippen LogP contribution in [-0.2, 0) is 9.53 Å². The Kier molecular flexibility index (Phi) is 3.45. The molecule has 2 atom stereocenters. The summed E-state index contributed by atoms with van der Waals surface area (Å²) in [6.45, 7) is 4.57. The summed E-state index contributed by atoms with van der Waals surface area (Å²) in [6.07, 6.45) is 1.34. The molecule has 0 saturated carbocycles. The number of methoxy groups -OCH3 is 1. The summed E-state index contributed by atoms with van der Waals surface area (Å²) >= 11 is 0. The molecule has 0 spiro atoms. The summed E-state index contributed by atoms with van der Waals surface area (Å²) < 4.78 is 18.7. The fraction of sp³-hybridized carbons (Fsp3) is 0.583. The number of carbonyl (C=O) groups is 1. The lowest BCUT2D eigenvalue weighted by Gasteiger charge is -2.17. The van der Waals surface area contributed by atoms with Gasteiger partial charge in [-0.1, -0.05) is 6.92 Å². The number of aryl methyl sites for hydroxylation is 1. The standard InChI is InChI=1S/C12H16FN3O2/c1-7-4-16(5-9(7)12(17)18-3)11-10(13)8(2)14-6-15-11/h6-7,9H,4-5H2,1-3H3. The van der Waals surface area contributed by atoms with Crippen LogP contribution < -0.4 is 4.90 Å². The van der Waals surface area contributed by atoms with E-state index in [0.717, 1.165) is 0 Å². The van der Waals surface area contributed by atoms with Crippen LogP contribution in [0.3, 0.4) is 0 Å². The zero-order chi connectivity index (χ0) is 13.3. The SMILES string of the molecule is COC(=O)C1CN(c2ncnc(C)c2F)CC1C. The van der Waals surface area contributed by atoms with Crippen molar-refractivity contribution in [1.82, 2.24) is 9.97 Å². The van der Waals surface area contributed by atoms with Gasteiger partial charge in [-0.3, -0.25) is 4.79 Å². The van der Waals surface area contributed by atoms with E-state index in [1.54, 1.807) is 11.8 Å². The van der Waals surface area contributed by atoms with Crippen molar-refractivity contribution in [2.45, 2.75) is 13.8 Å². The Morgan fingerprint density at radius 3 is 2.89 bits per heavy atom. The van der Waals surface area contributed by atoms with Gasteiger partial charge in [0.25, 0.3) is 0 Å². The van der Waals surface area contributed by atoms with Gasteiger partial charge in [0.05, 0.1) is 18.7 Å². The normalized spacial score (nSPS) is 23.2. The molecule has 0 aliphatic carbocycles. The van der Waals surface area contributed by atoms with E-state index in [1.165, 1.54) is 13.4 Å². The van der Waals surface area contributed by atoms with Crippen molar-refractivity contribution in [3.8, 4) is 0 Å². The first-order valence-corrected chi connectivity index (χ1v) is 5.84. The maximum absolute atomic E-state index is 13.9. The molecular formula is C12H16FN3O2. The third-order valence-electron chi connectivity index (χ3n) is 3.36. The summed E-state index contributed by atoms with van der Waals surface area (Å²) in [5, 5.41) is 0. The van der Waals surface area contributed by atoms with E-state index in [0.29, 0.717) is 18.8 Å². The first-order chi connectivity index (χ1) is 8.54. The van der Waals surface area contributed by atoms with E-state index in [2.05, 4.69) is 9.97 Å². The average Bonchev–Trinajstić information content (AvgIpc) is 2.73. The summed E-state index contributed by atoms with van der Waals surface area (Å²) in [5.74, 6) is -0.524. The first kappa shape index (κ1) is 12.7. The third kappa shape index (κ3) is 2.14. The number of halogens is 1. The topological polar surface area (TPSA) is 55.3 Å². The molecule has 2 unspecified atom stereocenters. The molecule has 98 valence electrons. The van der Waals surface area contributed by atoms with Crippen molar-refractivity contribution in [2.24, 2.45) is 11.8 Å². The van der Waals surface area contributed by atoms with E-state index in [1.807, 2.05) is 6.92 Å². The van der Waals surface area contributed by atoms with E-state index >= 15 is 0 Å². The molecule has 0 radical (unpaired) electrons. The summed E-state index contributed by atoms with van der Waals surface area (Å²) in [4.78, 5) is 21.1. The van der Waals surface area contributed by atoms with E-state index in [-0.39, 0.29) is 23.6 Å². The van der Waals surface area contributed by atoms with Crippen molar-refractivity contribution in [1.29, 1.82) is 0 Å². The van der Waals surface area contributed by atoms with Gasteiger partial charge < -0.3 is 9.64 Å². The Balaban J connectivity index is 2.22. The monoisotopic (exact) mass is 253 g/mol. The number of rotatable bonds is 2. The van der Waals surface area contributed by atoms with Crippen molar-refractivity contribution < 1.29 is 13.9 Å². The van der Waals surface area contributed by atoms with Crippen LogP contribution in [0.15, 0.2) is 6.33 Å². The van der Waals surface area contributed by atoms with Gasteiger partial charge in [-0.25, -0.2) is 14.4 Å². The van der Waals surface area contributed by atoms with Gasteiger partial charge in [0.2, 0.25) is 0 Å². The minimum Gasteiger partial charge on any atom is -0.469 e. The smallest absolute Gasteiger partial charge is 0.310 e. The molecule has 0 N–H and O–H groups in total. The number of esters is 1. The number of nitrogens with zero attached hydrogens (tertiary/aromatic N) is 3. The molecule has 0 bridgehead atoms. The van der Waals surface area contributed by atoms with Gasteiger partial charge in [0.1, 0.15) is 6.33 Å². The minimum absolute atomic E-state index is 0.118. The quantitative estimate of drug-likeness (QED) is 0.740. The predicted molar refractivity (Wildman–Crippen MR) is 63.6 cm³/mol. The highest BCUT2D eigenvalue weighted by molar-refractivity contribution is 5.74. The van der Waals surface area contributed by atoms with Crippen LogP contribution in [0, 0.1) is 24.6 Å². The van der Waals surface area contributed by atoms with Gasteiger partial charge in [0.15, 0.2) is 11.6 Å². The highest BCUT2D eigenvalue weighted by atomic mass is 19.1. The number of hydrogen-bond donors (Lipinski definition) is 0. The fourth-order valence-corrected chi connectivity index (χ4v) is 2.26. The second-order valence-electron chi connectivity index (χ2n) is 4.61. The zero-order valence-corrected chi connectivity index (χ0v) is 10.7. The lowest BCUT2D eigenvalue weighted by atomic mass is 9.99. The molecule has 1 fully saturated rings. The molecule has 1 aromatic rings. The second kappa shape index (κ2) is 4.88. The largest absolute Gasteiger partial charge is 0.469 e. The number of ether oxygens (including phenoxy) is 1. The van der Waals surface area contributed by atoms with Crippen molar-refractivity contribution in [2.75, 3.05) is 25.1 Å². The van der Waals surface area contributed by atoms with Crippen LogP contribution in [0.4, 0.5) is 10.2 Å². The Bertz CT molecular complexity index is 467. The van der Waals surface area contributed by atoms with Gasteiger partial charge in [-0.15, -0.1) is 0 Å². The molecular weight excluding hydrogens is 237 g/mol. The lowest BCUT2D eigenvalue weighted by Crippen LogP contribution is -2.25. The lowest BCUT2D eigenvalue weighted by molar-refractivity contribution is -0.145. The Morgan fingerprint density at radius 2 is 2.22 bits per heavy atom. The Morgan fingerprint density at radius 1 is 1.50 bits per heavy atom. The molecule has 18 heavy (non-hydrogen) atoms. The van der Waals surface area contributed by atoms with E-state index in [9.17, 15) is 9.18 Å². The van der Waals surface area contributed by atoms with Crippen LogP contribution in [-0.4, -0.2) is 36.1 Å². The van der Waals surface area contributed by atoms with Crippen molar-refractivity contribution in [3.63, 3.8) is 0 Å². The molecule has 0 aromatic carbocycles. The van der Waals surface area contributed by atoms with Gasteiger partial charge in [-0.05, 0) is 12.8 Å². The molecule has 6 heteroatoms. The van der Waals surface area contributed by atoms with Crippen LogP contribution in [0.25, 0.3) is 0 Å². The van der Waals surface area contributed by atoms with Gasteiger partial charge in [0, 0.05) is 13.1 Å². The van der Waals surface area contributed by atoms with Crippen molar-refractivity contribution >= 4 is 11.8 Å². The summed E-state index contributed by atoms with van der Waals surface area (Å²) in [6, 6.07) is 0. The predicted octanol–water partition coefficient (Wildman–Crippen LogP) is 1.17. The van der Waals surface area contributed by atoms with Gasteiger partial charge in [-0.2, -0.15) is 0 Å². The zero-order valence-electron chi connectivity index (χ0n) is 10.7. The molecule has 1 aliphatic rings. The number of aromatic nitrogens is 2. The van der Waals surface area contributed by atoms with Crippen LogP contribution in [0.1, 0.15) is 12.6 Å². The van der Waals surface area contributed by atoms with Crippen LogP contribution >= 0.6 is 0 Å². The van der Waals surface area contributed by atoms with E-state index < -0.39 is 5.82 Å². The van der Waals surface area contributed by atoms with Gasteiger partial charge >= 0.3 is 5.97 Å². The molecule has 1 saturated heterocycles. The second-order valence-corrected chi connectivity index (χ2v) is 4.61. The number of carbonyl (C=O) groups excluding carboxylic acids is 1. The molecule has 2 heterocycles. The Labute approximate surface area is 105 Å². The summed E-state index contributed by atoms with van der Waals surface area (Å²) in [5.41, 5.74) is 0.314. The highest BCUT2D eigenvalue weighted by Gasteiger charge is 2.37. The molecule has 0 amide bonds. The van der Waals surface area contributed by atoms with Crippen LogP contribution in [0.5, 0.6) is 0 Å². The first-order valence-electron chi connectivity index (χ1n) is 5.84. The maximum atomic E-state index is 13.9. The van der Waals surface area contributed by atoms with Crippen molar-refractivity contribution in [3.05, 3.63) is 17.8 Å². The molecule has 1 aliphatic heterocycles.